The van der Waals surface area contributed by atoms with Crippen LogP contribution in [0.25, 0.3) is 0 Å². The van der Waals surface area contributed by atoms with E-state index in [-0.39, 0.29) is 12.5 Å². The van der Waals surface area contributed by atoms with Crippen molar-refractivity contribution in [1.82, 2.24) is 10.2 Å². The Morgan fingerprint density at radius 3 is 3.00 bits per heavy atom. The summed E-state index contributed by atoms with van der Waals surface area (Å²) in [6, 6.07) is 10.5. The third-order valence-corrected chi connectivity index (χ3v) is 3.08. The van der Waals surface area contributed by atoms with Gasteiger partial charge in [-0.25, -0.2) is 0 Å². The van der Waals surface area contributed by atoms with Crippen LogP contribution in [-0.4, -0.2) is 37.2 Å². The smallest absolute Gasteiger partial charge is 0.153 e. The Morgan fingerprint density at radius 1 is 1.25 bits per heavy atom. The quantitative estimate of drug-likeness (QED) is 0.797. The molecule has 2 atom stereocenters. The highest BCUT2D eigenvalue weighted by molar-refractivity contribution is 5.14. The average Bonchev–Trinajstić information content (AvgIpc) is 2.80. The van der Waals surface area contributed by atoms with Gasteiger partial charge >= 0.3 is 0 Å². The predicted octanol–water partition coefficient (Wildman–Crippen LogP) is 0.748. The maximum absolute atomic E-state index is 5.58. The van der Waals surface area contributed by atoms with Crippen LogP contribution in [0.3, 0.4) is 0 Å². The number of hydrogen-bond donors (Lipinski definition) is 1. The zero-order chi connectivity index (χ0) is 10.8. The molecule has 2 unspecified atom stereocenters. The van der Waals surface area contributed by atoms with Crippen molar-refractivity contribution in [1.29, 1.82) is 0 Å². The van der Waals surface area contributed by atoms with E-state index >= 15 is 0 Å². The molecule has 2 aliphatic heterocycles. The molecule has 0 amide bonds. The fourth-order valence-electron chi connectivity index (χ4n) is 2.27. The van der Waals surface area contributed by atoms with Crippen LogP contribution in [-0.2, 0) is 16.0 Å². The van der Waals surface area contributed by atoms with Crippen molar-refractivity contribution in [3.63, 3.8) is 0 Å². The summed E-state index contributed by atoms with van der Waals surface area (Å²) in [6.07, 6.45) is 0.103. The molecule has 0 bridgehead atoms. The Labute approximate surface area is 95.1 Å². The lowest BCUT2D eigenvalue weighted by molar-refractivity contribution is -0.0520. The highest BCUT2D eigenvalue weighted by atomic mass is 16.7. The van der Waals surface area contributed by atoms with Gasteiger partial charge in [-0.1, -0.05) is 30.3 Å². The van der Waals surface area contributed by atoms with E-state index in [1.54, 1.807) is 0 Å². The Morgan fingerprint density at radius 2 is 2.12 bits per heavy atom. The minimum Gasteiger partial charge on any atom is -0.333 e. The summed E-state index contributed by atoms with van der Waals surface area (Å²) in [5.41, 5.74) is 1.32. The molecule has 1 aromatic carbocycles. The van der Waals surface area contributed by atoms with Gasteiger partial charge in [0.05, 0.1) is 0 Å². The summed E-state index contributed by atoms with van der Waals surface area (Å²) in [4.78, 5) is 2.32. The van der Waals surface area contributed by atoms with Gasteiger partial charge in [0.1, 0.15) is 0 Å². The SMILES string of the molecule is c1ccc(CN2CCNC3OCOC32)cc1. The number of nitrogens with zero attached hydrogens (tertiary/aromatic N) is 1. The monoisotopic (exact) mass is 220 g/mol. The molecular formula is C12H16N2O2. The third-order valence-electron chi connectivity index (χ3n) is 3.08. The summed E-state index contributed by atoms with van der Waals surface area (Å²) in [5, 5.41) is 3.31. The van der Waals surface area contributed by atoms with Gasteiger partial charge in [0.2, 0.25) is 0 Å². The minimum absolute atomic E-state index is 0.0393. The van der Waals surface area contributed by atoms with Gasteiger partial charge in [0.15, 0.2) is 19.2 Å². The summed E-state index contributed by atoms with van der Waals surface area (Å²) >= 11 is 0. The topological polar surface area (TPSA) is 33.7 Å². The first-order valence-electron chi connectivity index (χ1n) is 5.68. The Hall–Kier alpha value is -0.940. The summed E-state index contributed by atoms with van der Waals surface area (Å²) < 4.78 is 11.0. The van der Waals surface area contributed by atoms with Crippen LogP contribution in [0, 0.1) is 0 Å². The lowest BCUT2D eigenvalue weighted by Gasteiger charge is -2.35. The van der Waals surface area contributed by atoms with Crippen molar-refractivity contribution < 1.29 is 9.47 Å². The molecular weight excluding hydrogens is 204 g/mol. The van der Waals surface area contributed by atoms with Crippen molar-refractivity contribution >= 4 is 0 Å². The van der Waals surface area contributed by atoms with Gasteiger partial charge in [0, 0.05) is 19.6 Å². The molecule has 0 saturated carbocycles. The van der Waals surface area contributed by atoms with E-state index in [1.807, 2.05) is 6.07 Å². The summed E-state index contributed by atoms with van der Waals surface area (Å²) in [5.74, 6) is 0. The van der Waals surface area contributed by atoms with Crippen molar-refractivity contribution in [2.75, 3.05) is 19.9 Å². The molecule has 2 saturated heterocycles. The number of rotatable bonds is 2. The maximum Gasteiger partial charge on any atom is 0.153 e. The second kappa shape index (κ2) is 4.51. The van der Waals surface area contributed by atoms with Crippen LogP contribution in [0.2, 0.25) is 0 Å². The van der Waals surface area contributed by atoms with Crippen molar-refractivity contribution in [3.8, 4) is 0 Å². The Bertz CT molecular complexity index is 344. The Balaban J connectivity index is 1.70. The lowest BCUT2D eigenvalue weighted by atomic mass is 10.2. The molecule has 1 aromatic rings. The van der Waals surface area contributed by atoms with Crippen LogP contribution >= 0.6 is 0 Å². The van der Waals surface area contributed by atoms with E-state index in [4.69, 9.17) is 9.47 Å². The van der Waals surface area contributed by atoms with E-state index in [2.05, 4.69) is 34.5 Å². The van der Waals surface area contributed by atoms with E-state index in [0.29, 0.717) is 6.79 Å². The molecule has 0 aliphatic carbocycles. The molecule has 2 heterocycles. The molecule has 4 nitrogen and oxygen atoms in total. The van der Waals surface area contributed by atoms with Gasteiger partial charge in [-0.15, -0.1) is 0 Å². The first-order chi connectivity index (χ1) is 7.93. The largest absolute Gasteiger partial charge is 0.333 e. The first-order valence-corrected chi connectivity index (χ1v) is 5.68. The summed E-state index contributed by atoms with van der Waals surface area (Å²) in [7, 11) is 0. The van der Waals surface area contributed by atoms with Crippen molar-refractivity contribution in [2.45, 2.75) is 19.0 Å². The van der Waals surface area contributed by atoms with Gasteiger partial charge in [-0.05, 0) is 5.56 Å². The molecule has 86 valence electrons. The molecule has 16 heavy (non-hydrogen) atoms. The van der Waals surface area contributed by atoms with Gasteiger partial charge in [-0.2, -0.15) is 0 Å². The fraction of sp³-hybridized carbons (Fsp3) is 0.500. The van der Waals surface area contributed by atoms with Crippen LogP contribution in [0.15, 0.2) is 30.3 Å². The second-order valence-corrected chi connectivity index (χ2v) is 4.17. The van der Waals surface area contributed by atoms with Crippen molar-refractivity contribution in [3.05, 3.63) is 35.9 Å². The Kier molecular flexibility index (Phi) is 2.88. The fourth-order valence-corrected chi connectivity index (χ4v) is 2.27. The predicted molar refractivity (Wildman–Crippen MR) is 59.5 cm³/mol. The highest BCUT2D eigenvalue weighted by Gasteiger charge is 2.36. The number of hydrogen-bond acceptors (Lipinski definition) is 4. The lowest BCUT2D eigenvalue weighted by Crippen LogP contribution is -2.55. The maximum atomic E-state index is 5.58. The van der Waals surface area contributed by atoms with E-state index in [9.17, 15) is 0 Å². The molecule has 2 fully saturated rings. The number of benzene rings is 1. The molecule has 3 rings (SSSR count). The van der Waals surface area contributed by atoms with Gasteiger partial charge in [0.25, 0.3) is 0 Å². The standard InChI is InChI=1S/C12H16N2O2/c1-2-4-10(5-3-1)8-14-7-6-13-11-12(14)16-9-15-11/h1-5,11-13H,6-9H2. The van der Waals surface area contributed by atoms with Gasteiger partial charge in [-0.3, -0.25) is 10.2 Å². The van der Waals surface area contributed by atoms with Gasteiger partial charge < -0.3 is 9.47 Å². The highest BCUT2D eigenvalue weighted by Crippen LogP contribution is 2.20. The number of fused-ring (bicyclic) bond motifs is 1. The molecule has 1 N–H and O–H groups in total. The van der Waals surface area contributed by atoms with Crippen LogP contribution in [0.4, 0.5) is 0 Å². The van der Waals surface area contributed by atoms with E-state index in [1.165, 1.54) is 5.56 Å². The summed E-state index contributed by atoms with van der Waals surface area (Å²) in [6.45, 7) is 3.28. The normalized spacial score (nSPS) is 30.2. The van der Waals surface area contributed by atoms with Crippen LogP contribution in [0.1, 0.15) is 5.56 Å². The average molecular weight is 220 g/mol. The molecule has 2 aliphatic rings. The van der Waals surface area contributed by atoms with Crippen LogP contribution in [0.5, 0.6) is 0 Å². The first kappa shape index (κ1) is 10.2. The zero-order valence-corrected chi connectivity index (χ0v) is 9.13. The molecule has 0 aromatic heterocycles. The minimum atomic E-state index is 0.0393. The second-order valence-electron chi connectivity index (χ2n) is 4.17. The van der Waals surface area contributed by atoms with E-state index < -0.39 is 0 Å². The zero-order valence-electron chi connectivity index (χ0n) is 9.13. The molecule has 4 heteroatoms. The van der Waals surface area contributed by atoms with Crippen LogP contribution < -0.4 is 5.32 Å². The van der Waals surface area contributed by atoms with E-state index in [0.717, 1.165) is 19.6 Å². The number of ether oxygens (including phenoxy) is 2. The number of piperazine rings is 1. The third kappa shape index (κ3) is 1.97. The van der Waals surface area contributed by atoms with Crippen molar-refractivity contribution in [2.24, 2.45) is 0 Å². The number of nitrogens with one attached hydrogen (secondary N) is 1. The molecule has 0 radical (unpaired) electrons. The molecule has 0 spiro atoms.